The third kappa shape index (κ3) is 6.33. The lowest BCUT2D eigenvalue weighted by molar-refractivity contribution is 0.133. The van der Waals surface area contributed by atoms with Gasteiger partial charge in [0.2, 0.25) is 0 Å². The zero-order valence-corrected chi connectivity index (χ0v) is 7.82. The molecule has 0 saturated heterocycles. The molecule has 1 N–H and O–H groups in total. The molecule has 0 saturated carbocycles. The van der Waals surface area contributed by atoms with Gasteiger partial charge in [-0.05, 0) is 20.0 Å². The van der Waals surface area contributed by atoms with Gasteiger partial charge in [-0.15, -0.1) is 12.4 Å². The molecular weight excluding hydrogens is 150 g/mol. The molecule has 0 heterocycles. The summed E-state index contributed by atoms with van der Waals surface area (Å²) in [5, 5.41) is 8.94. The molecule has 3 heteroatoms. The van der Waals surface area contributed by atoms with Gasteiger partial charge in [0.15, 0.2) is 0 Å². The topological polar surface area (TPSA) is 23.5 Å². The number of hydrogen-bond acceptors (Lipinski definition) is 2. The molecular formula is C7H18ClNO. The number of likely N-dealkylation sites (N-methyl/N-ethyl adjacent to an activating group) is 1. The van der Waals surface area contributed by atoms with Gasteiger partial charge in [0.05, 0.1) is 6.10 Å². The summed E-state index contributed by atoms with van der Waals surface area (Å²) in [5.41, 5.74) is 0. The summed E-state index contributed by atoms with van der Waals surface area (Å²) in [7, 11) is 0. The van der Waals surface area contributed by atoms with Crippen LogP contribution in [0, 0.1) is 0 Å². The Hall–Kier alpha value is 0.210. The van der Waals surface area contributed by atoms with E-state index in [9.17, 15) is 0 Å². The van der Waals surface area contributed by atoms with Crippen LogP contribution in [0.2, 0.25) is 0 Å². The van der Waals surface area contributed by atoms with Crippen molar-refractivity contribution in [3.63, 3.8) is 0 Å². The predicted molar refractivity (Wildman–Crippen MR) is 46.7 cm³/mol. The maximum Gasteiger partial charge on any atom is 0.0639 e. The fourth-order valence-corrected chi connectivity index (χ4v) is 0.855. The van der Waals surface area contributed by atoms with E-state index in [4.69, 9.17) is 5.11 Å². The standard InChI is InChI=1S/C7H17NO.ClH/c1-4-8(5-2)6-7(3)9;/h7,9H,4-6H2,1-3H3;1H. The van der Waals surface area contributed by atoms with Crippen LogP contribution in [-0.4, -0.2) is 35.7 Å². The monoisotopic (exact) mass is 167 g/mol. The first-order valence-electron chi connectivity index (χ1n) is 3.61. The van der Waals surface area contributed by atoms with Gasteiger partial charge < -0.3 is 10.0 Å². The van der Waals surface area contributed by atoms with Gasteiger partial charge in [0.1, 0.15) is 0 Å². The van der Waals surface area contributed by atoms with Crippen LogP contribution in [0.4, 0.5) is 0 Å². The van der Waals surface area contributed by atoms with Gasteiger partial charge in [-0.3, -0.25) is 0 Å². The predicted octanol–water partition coefficient (Wildman–Crippen LogP) is 1.13. The molecule has 10 heavy (non-hydrogen) atoms. The van der Waals surface area contributed by atoms with Crippen LogP contribution in [0.15, 0.2) is 0 Å². The zero-order valence-electron chi connectivity index (χ0n) is 7.00. The minimum atomic E-state index is -0.190. The van der Waals surface area contributed by atoms with E-state index in [0.717, 1.165) is 19.6 Å². The Labute approximate surface area is 69.6 Å². The summed E-state index contributed by atoms with van der Waals surface area (Å²) in [6.07, 6.45) is -0.190. The SMILES string of the molecule is CCN(CC)CC(C)O.Cl. The summed E-state index contributed by atoms with van der Waals surface area (Å²) in [6.45, 7) is 8.88. The third-order valence-corrected chi connectivity index (χ3v) is 1.42. The molecule has 1 unspecified atom stereocenters. The first-order valence-corrected chi connectivity index (χ1v) is 3.61. The number of nitrogens with zero attached hydrogens (tertiary/aromatic N) is 1. The second-order valence-corrected chi connectivity index (χ2v) is 2.33. The van der Waals surface area contributed by atoms with Crippen LogP contribution < -0.4 is 0 Å². The van der Waals surface area contributed by atoms with Gasteiger partial charge in [0, 0.05) is 6.54 Å². The van der Waals surface area contributed by atoms with Crippen molar-refractivity contribution >= 4 is 12.4 Å². The molecule has 0 aliphatic rings. The lowest BCUT2D eigenvalue weighted by Gasteiger charge is -2.18. The highest BCUT2D eigenvalue weighted by Gasteiger charge is 2.01. The number of halogens is 1. The Bertz CT molecular complexity index is 64.6. The molecule has 0 aromatic rings. The van der Waals surface area contributed by atoms with E-state index < -0.39 is 0 Å². The highest BCUT2D eigenvalue weighted by molar-refractivity contribution is 5.85. The summed E-state index contributed by atoms with van der Waals surface area (Å²) in [4.78, 5) is 2.20. The summed E-state index contributed by atoms with van der Waals surface area (Å²) >= 11 is 0. The molecule has 0 spiro atoms. The lowest BCUT2D eigenvalue weighted by Crippen LogP contribution is -2.30. The second-order valence-electron chi connectivity index (χ2n) is 2.33. The van der Waals surface area contributed by atoms with Crippen molar-refractivity contribution in [2.24, 2.45) is 0 Å². The average Bonchev–Trinajstić information content (AvgIpc) is 1.82. The maximum atomic E-state index is 8.94. The fraction of sp³-hybridized carbons (Fsp3) is 1.00. The molecule has 0 radical (unpaired) electrons. The summed E-state index contributed by atoms with van der Waals surface area (Å²) in [6, 6.07) is 0. The quantitative estimate of drug-likeness (QED) is 0.679. The molecule has 0 aliphatic heterocycles. The highest BCUT2D eigenvalue weighted by atomic mass is 35.5. The second kappa shape index (κ2) is 7.32. The molecule has 64 valence electrons. The Morgan fingerprint density at radius 1 is 1.30 bits per heavy atom. The van der Waals surface area contributed by atoms with E-state index in [1.807, 2.05) is 6.92 Å². The van der Waals surface area contributed by atoms with Crippen molar-refractivity contribution in [2.45, 2.75) is 26.9 Å². The first-order chi connectivity index (χ1) is 4.20. The molecule has 0 aromatic heterocycles. The summed E-state index contributed by atoms with van der Waals surface area (Å²) in [5.74, 6) is 0. The van der Waals surface area contributed by atoms with Crippen molar-refractivity contribution in [1.82, 2.24) is 4.90 Å². The van der Waals surface area contributed by atoms with Gasteiger partial charge in [-0.1, -0.05) is 13.8 Å². The molecule has 1 atom stereocenters. The van der Waals surface area contributed by atoms with E-state index in [0.29, 0.717) is 0 Å². The van der Waals surface area contributed by atoms with Crippen molar-refractivity contribution in [2.75, 3.05) is 19.6 Å². The average molecular weight is 168 g/mol. The van der Waals surface area contributed by atoms with Crippen molar-refractivity contribution in [1.29, 1.82) is 0 Å². The molecule has 0 aliphatic carbocycles. The Balaban J connectivity index is 0. The molecule has 0 aromatic carbocycles. The van der Waals surface area contributed by atoms with E-state index >= 15 is 0 Å². The lowest BCUT2D eigenvalue weighted by atomic mass is 10.3. The first kappa shape index (κ1) is 12.8. The minimum Gasteiger partial charge on any atom is -0.392 e. The maximum absolute atomic E-state index is 8.94. The highest BCUT2D eigenvalue weighted by Crippen LogP contribution is 1.89. The molecule has 0 rings (SSSR count). The molecule has 0 amide bonds. The number of rotatable bonds is 4. The minimum absolute atomic E-state index is 0. The van der Waals surface area contributed by atoms with Crippen LogP contribution in [0.25, 0.3) is 0 Å². The molecule has 2 nitrogen and oxygen atoms in total. The van der Waals surface area contributed by atoms with E-state index in [1.54, 1.807) is 0 Å². The van der Waals surface area contributed by atoms with E-state index in [1.165, 1.54) is 0 Å². The fourth-order valence-electron chi connectivity index (χ4n) is 0.855. The Morgan fingerprint density at radius 2 is 1.70 bits per heavy atom. The number of aliphatic hydroxyl groups is 1. The van der Waals surface area contributed by atoms with Crippen molar-refractivity contribution in [3.05, 3.63) is 0 Å². The van der Waals surface area contributed by atoms with Crippen molar-refractivity contribution < 1.29 is 5.11 Å². The van der Waals surface area contributed by atoms with Gasteiger partial charge in [0.25, 0.3) is 0 Å². The van der Waals surface area contributed by atoms with Crippen molar-refractivity contribution in [3.8, 4) is 0 Å². The van der Waals surface area contributed by atoms with Crippen LogP contribution in [-0.2, 0) is 0 Å². The number of hydrogen-bond donors (Lipinski definition) is 1. The van der Waals surface area contributed by atoms with Crippen LogP contribution in [0.1, 0.15) is 20.8 Å². The van der Waals surface area contributed by atoms with Crippen LogP contribution >= 0.6 is 12.4 Å². The molecule has 0 bridgehead atoms. The molecule has 0 fully saturated rings. The van der Waals surface area contributed by atoms with Crippen LogP contribution in [0.5, 0.6) is 0 Å². The summed E-state index contributed by atoms with van der Waals surface area (Å²) < 4.78 is 0. The zero-order chi connectivity index (χ0) is 7.28. The van der Waals surface area contributed by atoms with Gasteiger partial charge in [-0.2, -0.15) is 0 Å². The Morgan fingerprint density at radius 3 is 1.80 bits per heavy atom. The van der Waals surface area contributed by atoms with Gasteiger partial charge >= 0.3 is 0 Å². The Kier molecular flexibility index (Phi) is 9.40. The third-order valence-electron chi connectivity index (χ3n) is 1.42. The van der Waals surface area contributed by atoms with Gasteiger partial charge in [-0.25, -0.2) is 0 Å². The van der Waals surface area contributed by atoms with Crippen LogP contribution in [0.3, 0.4) is 0 Å². The normalized spacial score (nSPS) is 12.9. The number of aliphatic hydroxyl groups excluding tert-OH is 1. The van der Waals surface area contributed by atoms with E-state index in [-0.39, 0.29) is 18.5 Å². The largest absolute Gasteiger partial charge is 0.392 e. The van der Waals surface area contributed by atoms with E-state index in [2.05, 4.69) is 18.7 Å². The smallest absolute Gasteiger partial charge is 0.0639 e.